The number of nitrogens with zero attached hydrogens (tertiary/aromatic N) is 1. The zero-order valence-corrected chi connectivity index (χ0v) is 10.4. The quantitative estimate of drug-likeness (QED) is 0.700. The molecule has 1 heterocycles. The lowest BCUT2D eigenvalue weighted by molar-refractivity contribution is 0.683. The molecule has 0 bridgehead atoms. The van der Waals surface area contributed by atoms with Crippen molar-refractivity contribution in [1.29, 1.82) is 0 Å². The van der Waals surface area contributed by atoms with Gasteiger partial charge in [0.2, 0.25) is 0 Å². The Morgan fingerprint density at radius 2 is 1.61 bits per heavy atom. The number of para-hydroxylation sites is 1. The second-order valence-corrected chi connectivity index (χ2v) is 5.36. The van der Waals surface area contributed by atoms with Gasteiger partial charge in [-0.15, -0.1) is 0 Å². The van der Waals surface area contributed by atoms with Crippen LogP contribution >= 0.6 is 0 Å². The highest BCUT2D eigenvalue weighted by molar-refractivity contribution is 7.85. The Kier molecular flexibility index (Phi) is 2.90. The maximum Gasteiger partial charge on any atom is 0.0871 e. The van der Waals surface area contributed by atoms with E-state index in [9.17, 15) is 4.21 Å². The standard InChI is InChI=1S/C15H11NOS/c17-18(13-8-2-1-3-9-13)14-10-4-6-12-7-5-11-16-15(12)14/h1-11H/t18-/m1/s1. The molecule has 0 radical (unpaired) electrons. The van der Waals surface area contributed by atoms with E-state index in [0.29, 0.717) is 0 Å². The Morgan fingerprint density at radius 3 is 2.44 bits per heavy atom. The second kappa shape index (κ2) is 4.70. The highest BCUT2D eigenvalue weighted by atomic mass is 32.2. The molecule has 0 saturated carbocycles. The molecule has 0 aliphatic heterocycles. The summed E-state index contributed by atoms with van der Waals surface area (Å²) in [5, 5.41) is 1.01. The number of pyridine rings is 1. The number of fused-ring (bicyclic) bond motifs is 1. The molecule has 88 valence electrons. The summed E-state index contributed by atoms with van der Waals surface area (Å²) < 4.78 is 12.5. The zero-order valence-electron chi connectivity index (χ0n) is 9.61. The van der Waals surface area contributed by atoms with Gasteiger partial charge in [-0.2, -0.15) is 0 Å². The smallest absolute Gasteiger partial charge is 0.0871 e. The first-order chi connectivity index (χ1) is 8.86. The van der Waals surface area contributed by atoms with Gasteiger partial charge in [0.25, 0.3) is 0 Å². The van der Waals surface area contributed by atoms with E-state index in [2.05, 4.69) is 4.98 Å². The van der Waals surface area contributed by atoms with Gasteiger partial charge >= 0.3 is 0 Å². The SMILES string of the molecule is O=[S@](c1ccccc1)c1cccc2cccnc12. The molecule has 1 aromatic heterocycles. The summed E-state index contributed by atoms with van der Waals surface area (Å²) in [7, 11) is -1.18. The van der Waals surface area contributed by atoms with Crippen molar-refractivity contribution in [1.82, 2.24) is 4.98 Å². The summed E-state index contributed by atoms with van der Waals surface area (Å²) in [6.07, 6.45) is 1.73. The normalized spacial score (nSPS) is 12.4. The molecule has 0 fully saturated rings. The molecule has 0 N–H and O–H groups in total. The van der Waals surface area contributed by atoms with E-state index in [-0.39, 0.29) is 0 Å². The number of benzene rings is 2. The van der Waals surface area contributed by atoms with E-state index in [1.165, 1.54) is 0 Å². The van der Waals surface area contributed by atoms with Crippen LogP contribution in [0.15, 0.2) is 76.7 Å². The van der Waals surface area contributed by atoms with E-state index < -0.39 is 10.8 Å². The van der Waals surface area contributed by atoms with Gasteiger partial charge in [-0.1, -0.05) is 36.4 Å². The lowest BCUT2D eigenvalue weighted by Crippen LogP contribution is -1.95. The van der Waals surface area contributed by atoms with Crippen LogP contribution in [0.1, 0.15) is 0 Å². The van der Waals surface area contributed by atoms with Gasteiger partial charge in [0.05, 0.1) is 21.2 Å². The first kappa shape index (κ1) is 11.1. The van der Waals surface area contributed by atoms with Crippen LogP contribution in [0.3, 0.4) is 0 Å². The van der Waals surface area contributed by atoms with Crippen molar-refractivity contribution >= 4 is 21.7 Å². The molecule has 0 saturated heterocycles. The molecule has 2 nitrogen and oxygen atoms in total. The molecule has 3 rings (SSSR count). The third-order valence-corrected chi connectivity index (χ3v) is 4.18. The Bertz CT molecular complexity index is 705. The predicted octanol–water partition coefficient (Wildman–Crippen LogP) is 3.40. The van der Waals surface area contributed by atoms with Gasteiger partial charge < -0.3 is 0 Å². The van der Waals surface area contributed by atoms with Crippen LogP contribution < -0.4 is 0 Å². The van der Waals surface area contributed by atoms with Crippen LogP contribution in [0, 0.1) is 0 Å². The van der Waals surface area contributed by atoms with Crippen LogP contribution in [0.5, 0.6) is 0 Å². The molecule has 0 unspecified atom stereocenters. The molecular formula is C15H11NOS. The van der Waals surface area contributed by atoms with Crippen molar-refractivity contribution in [2.75, 3.05) is 0 Å². The summed E-state index contributed by atoms with van der Waals surface area (Å²) in [4.78, 5) is 5.90. The summed E-state index contributed by atoms with van der Waals surface area (Å²) >= 11 is 0. The van der Waals surface area contributed by atoms with Crippen LogP contribution in [0.4, 0.5) is 0 Å². The Hall–Kier alpha value is -2.00. The van der Waals surface area contributed by atoms with Crippen molar-refractivity contribution in [3.8, 4) is 0 Å². The minimum absolute atomic E-state index is 0.763. The third-order valence-electron chi connectivity index (χ3n) is 2.75. The Balaban J connectivity index is 2.18. The van der Waals surface area contributed by atoms with Crippen LogP contribution in [0.25, 0.3) is 10.9 Å². The molecule has 18 heavy (non-hydrogen) atoms. The average molecular weight is 253 g/mol. The van der Waals surface area contributed by atoms with Gasteiger partial charge in [0.1, 0.15) is 0 Å². The van der Waals surface area contributed by atoms with Crippen molar-refractivity contribution in [3.05, 3.63) is 66.9 Å². The van der Waals surface area contributed by atoms with Crippen molar-refractivity contribution in [2.45, 2.75) is 9.79 Å². The van der Waals surface area contributed by atoms with Gasteiger partial charge in [0, 0.05) is 16.5 Å². The number of rotatable bonds is 2. The van der Waals surface area contributed by atoms with Crippen LogP contribution in [-0.2, 0) is 10.8 Å². The summed E-state index contributed by atoms with van der Waals surface area (Å²) in [5.41, 5.74) is 0.808. The van der Waals surface area contributed by atoms with Crippen LogP contribution in [-0.4, -0.2) is 9.19 Å². The van der Waals surface area contributed by atoms with Crippen molar-refractivity contribution in [2.24, 2.45) is 0 Å². The van der Waals surface area contributed by atoms with Gasteiger partial charge in [0.15, 0.2) is 0 Å². The zero-order chi connectivity index (χ0) is 12.4. The monoisotopic (exact) mass is 253 g/mol. The van der Waals surface area contributed by atoms with Gasteiger partial charge in [-0.25, -0.2) is 4.21 Å². The molecule has 1 atom stereocenters. The summed E-state index contributed by atoms with van der Waals surface area (Å²) in [6, 6.07) is 19.1. The van der Waals surface area contributed by atoms with Crippen LogP contribution in [0.2, 0.25) is 0 Å². The number of hydrogen-bond acceptors (Lipinski definition) is 2. The van der Waals surface area contributed by atoms with E-state index in [0.717, 1.165) is 20.7 Å². The molecule has 0 amide bonds. The second-order valence-electron chi connectivity index (χ2n) is 3.91. The largest absolute Gasteiger partial charge is 0.255 e. The fourth-order valence-corrected chi connectivity index (χ4v) is 3.10. The molecule has 0 aliphatic carbocycles. The lowest BCUT2D eigenvalue weighted by Gasteiger charge is -2.05. The average Bonchev–Trinajstić information content (AvgIpc) is 2.47. The molecule has 0 aliphatic rings. The van der Waals surface area contributed by atoms with Crippen molar-refractivity contribution in [3.63, 3.8) is 0 Å². The van der Waals surface area contributed by atoms with E-state index in [1.54, 1.807) is 6.20 Å². The van der Waals surface area contributed by atoms with Gasteiger partial charge in [-0.05, 0) is 24.3 Å². The molecule has 3 aromatic rings. The van der Waals surface area contributed by atoms with Gasteiger partial charge in [-0.3, -0.25) is 4.98 Å². The summed E-state index contributed by atoms with van der Waals surface area (Å²) in [6.45, 7) is 0. The predicted molar refractivity (Wildman–Crippen MR) is 72.9 cm³/mol. The Morgan fingerprint density at radius 1 is 0.833 bits per heavy atom. The summed E-state index contributed by atoms with van der Waals surface area (Å²) in [5.74, 6) is 0. The minimum Gasteiger partial charge on any atom is -0.255 e. The number of hydrogen-bond donors (Lipinski definition) is 0. The first-order valence-electron chi connectivity index (χ1n) is 5.67. The topological polar surface area (TPSA) is 30.0 Å². The molecular weight excluding hydrogens is 242 g/mol. The van der Waals surface area contributed by atoms with E-state index in [1.807, 2.05) is 60.7 Å². The molecule has 3 heteroatoms. The van der Waals surface area contributed by atoms with E-state index in [4.69, 9.17) is 0 Å². The highest BCUT2D eigenvalue weighted by Crippen LogP contribution is 2.23. The maximum absolute atomic E-state index is 12.5. The Labute approximate surface area is 108 Å². The third kappa shape index (κ3) is 1.93. The first-order valence-corrected chi connectivity index (χ1v) is 6.82. The highest BCUT2D eigenvalue weighted by Gasteiger charge is 2.10. The fraction of sp³-hybridized carbons (Fsp3) is 0. The fourth-order valence-electron chi connectivity index (χ4n) is 1.90. The number of aromatic nitrogens is 1. The minimum atomic E-state index is -1.18. The van der Waals surface area contributed by atoms with Crippen molar-refractivity contribution < 1.29 is 4.21 Å². The molecule has 0 spiro atoms. The lowest BCUT2D eigenvalue weighted by atomic mass is 10.2. The van der Waals surface area contributed by atoms with E-state index >= 15 is 0 Å². The molecule has 2 aromatic carbocycles. The maximum atomic E-state index is 12.5.